The highest BCUT2D eigenvalue weighted by Crippen LogP contribution is 2.30. The quantitative estimate of drug-likeness (QED) is 0.433. The molecule has 6 heteroatoms. The van der Waals surface area contributed by atoms with E-state index in [4.69, 9.17) is 17.1 Å². The van der Waals surface area contributed by atoms with Crippen molar-refractivity contribution in [2.45, 2.75) is 0 Å². The van der Waals surface area contributed by atoms with Gasteiger partial charge in [-0.1, -0.05) is 28.8 Å². The van der Waals surface area contributed by atoms with Crippen molar-refractivity contribution in [2.75, 3.05) is 0 Å². The smallest absolute Gasteiger partial charge is 0.0992 e. The van der Waals surface area contributed by atoms with Crippen LogP contribution in [0.4, 0.5) is 5.69 Å². The van der Waals surface area contributed by atoms with Crippen LogP contribution in [0.3, 0.4) is 0 Å². The zero-order chi connectivity index (χ0) is 10.7. The van der Waals surface area contributed by atoms with Crippen LogP contribution in [0.15, 0.2) is 42.0 Å². The van der Waals surface area contributed by atoms with Gasteiger partial charge in [0.1, 0.15) is 0 Å². The first-order valence-corrected chi connectivity index (χ1v) is 4.52. The summed E-state index contributed by atoms with van der Waals surface area (Å²) < 4.78 is 1.70. The van der Waals surface area contributed by atoms with E-state index in [1.807, 2.05) is 0 Å². The first-order valence-electron chi connectivity index (χ1n) is 4.15. The molecule has 74 valence electrons. The summed E-state index contributed by atoms with van der Waals surface area (Å²) in [6.45, 7) is 0. The van der Waals surface area contributed by atoms with Gasteiger partial charge in [0, 0.05) is 17.3 Å². The Morgan fingerprint density at radius 3 is 3.00 bits per heavy atom. The van der Waals surface area contributed by atoms with Crippen molar-refractivity contribution >= 4 is 17.3 Å². The Morgan fingerprint density at radius 1 is 1.47 bits per heavy atom. The third-order valence-electron chi connectivity index (χ3n) is 1.88. The first-order chi connectivity index (χ1) is 7.33. The molecule has 0 fully saturated rings. The molecule has 15 heavy (non-hydrogen) atoms. The Bertz CT molecular complexity index is 513. The number of nitrogens with zero attached hydrogens (tertiary/aromatic N) is 5. The standard InChI is InChI=1S/C9H6ClN5/c10-7-2-1-3-8(13-14-11)9(7)15-5-4-12-6-15/h1-6H. The number of hydrogen-bond donors (Lipinski definition) is 0. The van der Waals surface area contributed by atoms with E-state index in [1.165, 1.54) is 0 Å². The molecule has 0 amide bonds. The Morgan fingerprint density at radius 2 is 2.33 bits per heavy atom. The molecular formula is C9H6ClN5. The van der Waals surface area contributed by atoms with Crippen LogP contribution in [0.2, 0.25) is 5.02 Å². The van der Waals surface area contributed by atoms with Crippen molar-refractivity contribution in [3.05, 3.63) is 52.4 Å². The van der Waals surface area contributed by atoms with E-state index in [0.717, 1.165) is 0 Å². The lowest BCUT2D eigenvalue weighted by Gasteiger charge is -2.07. The molecule has 2 aromatic rings. The molecule has 1 aromatic heterocycles. The van der Waals surface area contributed by atoms with Crippen LogP contribution in [0, 0.1) is 0 Å². The summed E-state index contributed by atoms with van der Waals surface area (Å²) in [5.74, 6) is 0. The maximum Gasteiger partial charge on any atom is 0.0992 e. The van der Waals surface area contributed by atoms with Crippen molar-refractivity contribution in [3.8, 4) is 5.69 Å². The summed E-state index contributed by atoms with van der Waals surface area (Å²) in [4.78, 5) is 6.66. The number of aromatic nitrogens is 2. The highest BCUT2D eigenvalue weighted by molar-refractivity contribution is 6.32. The molecule has 0 radical (unpaired) electrons. The molecule has 1 heterocycles. The lowest BCUT2D eigenvalue weighted by atomic mass is 10.2. The predicted octanol–water partition coefficient (Wildman–Crippen LogP) is 3.47. The number of benzene rings is 1. The van der Waals surface area contributed by atoms with E-state index >= 15 is 0 Å². The molecule has 0 saturated heterocycles. The maximum atomic E-state index is 8.42. The average Bonchev–Trinajstić information content (AvgIpc) is 2.71. The van der Waals surface area contributed by atoms with E-state index in [9.17, 15) is 0 Å². The summed E-state index contributed by atoms with van der Waals surface area (Å²) in [5.41, 5.74) is 9.53. The summed E-state index contributed by atoms with van der Waals surface area (Å²) >= 11 is 6.02. The highest BCUT2D eigenvalue weighted by atomic mass is 35.5. The Hall–Kier alpha value is -1.97. The molecule has 0 aliphatic rings. The van der Waals surface area contributed by atoms with Gasteiger partial charge in [0.25, 0.3) is 0 Å². The predicted molar refractivity (Wildman–Crippen MR) is 57.4 cm³/mol. The maximum absolute atomic E-state index is 8.42. The van der Waals surface area contributed by atoms with Crippen LogP contribution < -0.4 is 0 Å². The minimum Gasteiger partial charge on any atom is -0.304 e. The van der Waals surface area contributed by atoms with Gasteiger partial charge in [0.2, 0.25) is 0 Å². The van der Waals surface area contributed by atoms with Gasteiger partial charge in [0.05, 0.1) is 22.7 Å². The second-order valence-corrected chi connectivity index (χ2v) is 3.17. The topological polar surface area (TPSA) is 66.6 Å². The molecule has 1 aromatic carbocycles. The second kappa shape index (κ2) is 4.04. The summed E-state index contributed by atoms with van der Waals surface area (Å²) in [6.07, 6.45) is 4.96. The lowest BCUT2D eigenvalue weighted by Crippen LogP contribution is -1.91. The lowest BCUT2D eigenvalue weighted by molar-refractivity contribution is 1.05. The molecule has 0 aliphatic carbocycles. The van der Waals surface area contributed by atoms with Gasteiger partial charge in [-0.25, -0.2) is 4.98 Å². The van der Waals surface area contributed by atoms with Crippen molar-refractivity contribution in [3.63, 3.8) is 0 Å². The summed E-state index contributed by atoms with van der Waals surface area (Å²) in [5, 5.41) is 4.08. The number of halogens is 1. The fourth-order valence-electron chi connectivity index (χ4n) is 1.28. The van der Waals surface area contributed by atoms with Gasteiger partial charge in [-0.3, -0.25) is 0 Å². The van der Waals surface area contributed by atoms with Gasteiger partial charge in [-0.15, -0.1) is 0 Å². The van der Waals surface area contributed by atoms with Crippen LogP contribution in [0.25, 0.3) is 16.1 Å². The Kier molecular flexibility index (Phi) is 2.58. The zero-order valence-electron chi connectivity index (χ0n) is 7.58. The van der Waals surface area contributed by atoms with Gasteiger partial charge in [0.15, 0.2) is 0 Å². The molecule has 0 atom stereocenters. The van der Waals surface area contributed by atoms with Crippen LogP contribution in [-0.4, -0.2) is 9.55 Å². The largest absolute Gasteiger partial charge is 0.304 e. The second-order valence-electron chi connectivity index (χ2n) is 2.77. The number of rotatable bonds is 2. The summed E-state index contributed by atoms with van der Waals surface area (Å²) in [6, 6.07) is 5.15. The van der Waals surface area contributed by atoms with E-state index in [0.29, 0.717) is 16.4 Å². The van der Waals surface area contributed by atoms with E-state index in [-0.39, 0.29) is 0 Å². The van der Waals surface area contributed by atoms with Crippen molar-refractivity contribution in [2.24, 2.45) is 5.11 Å². The normalized spacial score (nSPS) is 9.67. The molecule has 2 rings (SSSR count). The molecule has 5 nitrogen and oxygen atoms in total. The van der Waals surface area contributed by atoms with Crippen molar-refractivity contribution in [1.29, 1.82) is 0 Å². The first kappa shape index (κ1) is 9.58. The van der Waals surface area contributed by atoms with Gasteiger partial charge in [-0.2, -0.15) is 0 Å². The SMILES string of the molecule is [N-]=[N+]=Nc1cccc(Cl)c1-n1ccnc1. The zero-order valence-corrected chi connectivity index (χ0v) is 8.33. The molecule has 0 saturated carbocycles. The van der Waals surface area contributed by atoms with Gasteiger partial charge < -0.3 is 4.57 Å². The van der Waals surface area contributed by atoms with E-state index < -0.39 is 0 Å². The van der Waals surface area contributed by atoms with Crippen LogP contribution in [0.1, 0.15) is 0 Å². The van der Waals surface area contributed by atoms with Crippen LogP contribution >= 0.6 is 11.6 Å². The number of imidazole rings is 1. The Balaban J connectivity index is 2.68. The monoisotopic (exact) mass is 219 g/mol. The third kappa shape index (κ3) is 1.79. The third-order valence-corrected chi connectivity index (χ3v) is 2.19. The van der Waals surface area contributed by atoms with E-state index in [2.05, 4.69) is 15.0 Å². The van der Waals surface area contributed by atoms with E-state index in [1.54, 1.807) is 41.5 Å². The molecule has 0 aliphatic heterocycles. The van der Waals surface area contributed by atoms with Gasteiger partial charge >= 0.3 is 0 Å². The molecule has 0 N–H and O–H groups in total. The fourth-order valence-corrected chi connectivity index (χ4v) is 1.55. The summed E-state index contributed by atoms with van der Waals surface area (Å²) in [7, 11) is 0. The minimum absolute atomic E-state index is 0.475. The van der Waals surface area contributed by atoms with Crippen LogP contribution in [0.5, 0.6) is 0 Å². The number of para-hydroxylation sites is 1. The molecule has 0 unspecified atom stereocenters. The van der Waals surface area contributed by atoms with Gasteiger partial charge in [-0.05, 0) is 11.6 Å². The fraction of sp³-hybridized carbons (Fsp3) is 0. The highest BCUT2D eigenvalue weighted by Gasteiger charge is 2.06. The van der Waals surface area contributed by atoms with Crippen LogP contribution in [-0.2, 0) is 0 Å². The van der Waals surface area contributed by atoms with Crippen molar-refractivity contribution < 1.29 is 0 Å². The minimum atomic E-state index is 0.475. The number of azide groups is 1. The molecule has 0 spiro atoms. The molecule has 0 bridgehead atoms. The number of hydrogen-bond acceptors (Lipinski definition) is 2. The molecular weight excluding hydrogens is 214 g/mol. The van der Waals surface area contributed by atoms with Crippen molar-refractivity contribution in [1.82, 2.24) is 9.55 Å². The Labute approximate surface area is 90.6 Å². The average molecular weight is 220 g/mol.